The Morgan fingerprint density at radius 2 is 1.35 bits per heavy atom. The zero-order valence-corrected chi connectivity index (χ0v) is 28.1. The molecule has 0 aliphatic rings. The minimum absolute atomic E-state index is 0.0420. The molecular formula is C20H21F5I3N3O8S. The standard InChI is InChI=1S/C20H21F5I3N3O8S/c1-8(32)30(3)15-12(26)11(13(27)16(14(15)28)31(4)9(2)33)17(35)29-7-5-6-10(34)39-18(19(21,22)23)20(24,25)40(36,37)38/h18H,5-7H2,1-4H3,(H,29,35)(H,36,37,38). The zero-order chi connectivity index (χ0) is 31.5. The first-order chi connectivity index (χ1) is 18.0. The van der Waals surface area contributed by atoms with Gasteiger partial charge in [-0.1, -0.05) is 0 Å². The topological polar surface area (TPSA) is 150 Å². The fraction of sp³-hybridized carbons (Fsp3) is 0.500. The van der Waals surface area contributed by atoms with Gasteiger partial charge in [0.1, 0.15) is 0 Å². The number of benzene rings is 1. The van der Waals surface area contributed by atoms with Crippen molar-refractivity contribution in [1.29, 1.82) is 0 Å². The minimum Gasteiger partial charge on any atom is -0.445 e. The van der Waals surface area contributed by atoms with Crippen LogP contribution in [0.2, 0.25) is 0 Å². The van der Waals surface area contributed by atoms with Gasteiger partial charge >= 0.3 is 27.5 Å². The maximum Gasteiger partial charge on any atom is 0.432 e. The molecule has 2 N–H and O–H groups in total. The highest BCUT2D eigenvalue weighted by atomic mass is 127. The van der Waals surface area contributed by atoms with E-state index in [4.69, 9.17) is 4.55 Å². The number of halogens is 8. The third-order valence-electron chi connectivity index (χ3n) is 5.15. The molecule has 0 aliphatic carbocycles. The molecule has 20 heteroatoms. The Morgan fingerprint density at radius 1 is 0.925 bits per heavy atom. The van der Waals surface area contributed by atoms with Crippen molar-refractivity contribution in [3.63, 3.8) is 0 Å². The lowest BCUT2D eigenvalue weighted by Gasteiger charge is -2.27. The highest BCUT2D eigenvalue weighted by molar-refractivity contribution is 14.1. The number of ether oxygens (including phenoxy) is 1. The molecule has 0 spiro atoms. The molecule has 0 saturated heterocycles. The summed E-state index contributed by atoms with van der Waals surface area (Å²) < 4.78 is 101. The number of nitrogens with one attached hydrogen (secondary N) is 1. The lowest BCUT2D eigenvalue weighted by Crippen LogP contribution is -2.52. The number of rotatable bonds is 10. The fourth-order valence-electron chi connectivity index (χ4n) is 2.92. The van der Waals surface area contributed by atoms with Crippen molar-refractivity contribution in [1.82, 2.24) is 5.32 Å². The largest absolute Gasteiger partial charge is 0.445 e. The van der Waals surface area contributed by atoms with E-state index in [9.17, 15) is 49.5 Å². The quantitative estimate of drug-likeness (QED) is 0.118. The second-order valence-corrected chi connectivity index (χ2v) is 12.7. The Morgan fingerprint density at radius 3 is 1.70 bits per heavy atom. The van der Waals surface area contributed by atoms with Gasteiger partial charge in [-0.15, -0.1) is 0 Å². The second kappa shape index (κ2) is 13.9. The summed E-state index contributed by atoms with van der Waals surface area (Å²) in [6.07, 6.45) is -11.8. The number of carbonyl (C=O) groups excluding carboxylic acids is 4. The first kappa shape index (κ1) is 36.9. The van der Waals surface area contributed by atoms with E-state index in [1.165, 1.54) is 37.7 Å². The van der Waals surface area contributed by atoms with Crippen molar-refractivity contribution in [3.8, 4) is 0 Å². The normalized spacial score (nSPS) is 12.9. The predicted octanol–water partition coefficient (Wildman–Crippen LogP) is 3.93. The molecule has 1 aromatic carbocycles. The SMILES string of the molecule is CC(=O)N(C)c1c(I)c(C(=O)NCCCC(=O)OC(C(F)(F)F)C(F)(F)S(=O)(=O)O)c(I)c(N(C)C(C)=O)c1I. The minimum atomic E-state index is -6.58. The zero-order valence-electron chi connectivity index (χ0n) is 20.8. The summed E-state index contributed by atoms with van der Waals surface area (Å²) in [6.45, 7) is 2.20. The molecule has 1 aromatic rings. The number of hydrogen-bond donors (Lipinski definition) is 2. The van der Waals surface area contributed by atoms with Crippen LogP contribution in [-0.2, 0) is 29.2 Å². The average Bonchev–Trinajstić information content (AvgIpc) is 2.78. The summed E-state index contributed by atoms with van der Waals surface area (Å²) in [5, 5.41) is -3.45. The van der Waals surface area contributed by atoms with E-state index in [0.717, 1.165) is 0 Å². The maximum absolute atomic E-state index is 13.6. The van der Waals surface area contributed by atoms with E-state index in [-0.39, 0.29) is 23.9 Å². The Labute approximate surface area is 266 Å². The molecule has 0 fully saturated rings. The summed E-state index contributed by atoms with van der Waals surface area (Å²) in [5.41, 5.74) is 0.688. The molecule has 226 valence electrons. The van der Waals surface area contributed by atoms with Crippen LogP contribution in [-0.4, -0.2) is 74.8 Å². The Kier molecular flexibility index (Phi) is 12.8. The van der Waals surface area contributed by atoms with Crippen LogP contribution < -0.4 is 15.1 Å². The van der Waals surface area contributed by atoms with E-state index in [2.05, 4.69) is 10.1 Å². The number of nitrogens with zero attached hydrogens (tertiary/aromatic N) is 2. The van der Waals surface area contributed by atoms with E-state index in [1.807, 2.05) is 67.8 Å². The average molecular weight is 939 g/mol. The molecule has 1 unspecified atom stereocenters. The van der Waals surface area contributed by atoms with Crippen LogP contribution in [0.4, 0.5) is 33.3 Å². The molecule has 0 aromatic heterocycles. The summed E-state index contributed by atoms with van der Waals surface area (Å²) in [7, 11) is -3.66. The molecule has 1 rings (SSSR count). The number of carbonyl (C=O) groups is 4. The van der Waals surface area contributed by atoms with Gasteiger partial charge in [-0.05, 0) is 74.2 Å². The second-order valence-electron chi connectivity index (χ2n) is 7.98. The van der Waals surface area contributed by atoms with Crippen LogP contribution >= 0.6 is 67.8 Å². The molecule has 11 nitrogen and oxygen atoms in total. The molecule has 0 radical (unpaired) electrons. The lowest BCUT2D eigenvalue weighted by molar-refractivity contribution is -0.259. The predicted molar refractivity (Wildman–Crippen MR) is 157 cm³/mol. The van der Waals surface area contributed by atoms with Gasteiger partial charge in [0.05, 0.1) is 27.6 Å². The maximum atomic E-state index is 13.6. The molecule has 3 amide bonds. The molecule has 1 atom stereocenters. The number of anilines is 2. The van der Waals surface area contributed by atoms with Crippen LogP contribution in [0.1, 0.15) is 37.0 Å². The summed E-state index contributed by atoms with van der Waals surface area (Å²) in [5.74, 6) is -3.37. The van der Waals surface area contributed by atoms with Gasteiger partial charge < -0.3 is 19.9 Å². The van der Waals surface area contributed by atoms with Crippen molar-refractivity contribution < 1.29 is 58.8 Å². The first-order valence-electron chi connectivity index (χ1n) is 10.6. The van der Waals surface area contributed by atoms with E-state index < -0.39 is 52.4 Å². The van der Waals surface area contributed by atoms with Gasteiger partial charge in [0.25, 0.3) is 12.0 Å². The smallest absolute Gasteiger partial charge is 0.432 e. The third kappa shape index (κ3) is 8.45. The van der Waals surface area contributed by atoms with Gasteiger partial charge in [0.15, 0.2) is 0 Å². The first-order valence-corrected chi connectivity index (χ1v) is 15.2. The third-order valence-corrected chi connectivity index (χ3v) is 9.18. The number of alkyl halides is 5. The van der Waals surface area contributed by atoms with Gasteiger partial charge in [0.2, 0.25) is 11.8 Å². The molecule has 0 heterocycles. The highest BCUT2D eigenvalue weighted by Gasteiger charge is 2.66. The Bertz CT molecular complexity index is 1260. The van der Waals surface area contributed by atoms with Crippen molar-refractivity contribution in [2.45, 2.75) is 44.2 Å². The van der Waals surface area contributed by atoms with Crippen LogP contribution in [0.15, 0.2) is 0 Å². The van der Waals surface area contributed by atoms with Gasteiger partial charge in [0, 0.05) is 40.9 Å². The molecule has 0 saturated carbocycles. The van der Waals surface area contributed by atoms with E-state index in [1.54, 1.807) is 0 Å². The number of esters is 1. The molecule has 0 bridgehead atoms. The molecular weight excluding hydrogens is 918 g/mol. The molecule has 40 heavy (non-hydrogen) atoms. The van der Waals surface area contributed by atoms with Crippen LogP contribution in [0.5, 0.6) is 0 Å². The van der Waals surface area contributed by atoms with Crippen molar-refractivity contribution >= 4 is 113 Å². The lowest BCUT2D eigenvalue weighted by atomic mass is 10.1. The van der Waals surface area contributed by atoms with E-state index in [0.29, 0.717) is 22.1 Å². The van der Waals surface area contributed by atoms with Gasteiger partial charge in [-0.25, -0.2) is 0 Å². The molecule has 0 aliphatic heterocycles. The van der Waals surface area contributed by atoms with Crippen LogP contribution in [0, 0.1) is 10.7 Å². The van der Waals surface area contributed by atoms with Crippen LogP contribution in [0.25, 0.3) is 0 Å². The van der Waals surface area contributed by atoms with Crippen molar-refractivity contribution in [2.24, 2.45) is 0 Å². The summed E-state index contributed by atoms with van der Waals surface area (Å²) in [4.78, 5) is 51.6. The van der Waals surface area contributed by atoms with Gasteiger partial charge in [-0.2, -0.15) is 30.4 Å². The summed E-state index contributed by atoms with van der Waals surface area (Å²) >= 11 is 5.59. The highest BCUT2D eigenvalue weighted by Crippen LogP contribution is 2.42. The van der Waals surface area contributed by atoms with Crippen molar-refractivity contribution in [3.05, 3.63) is 16.3 Å². The number of hydrogen-bond acceptors (Lipinski definition) is 7. The van der Waals surface area contributed by atoms with Gasteiger partial charge in [-0.3, -0.25) is 23.7 Å². The number of amides is 3. The van der Waals surface area contributed by atoms with E-state index >= 15 is 0 Å². The monoisotopic (exact) mass is 939 g/mol. The Balaban J connectivity index is 3.18. The van der Waals surface area contributed by atoms with Crippen molar-refractivity contribution in [2.75, 3.05) is 30.4 Å². The Hall–Kier alpha value is -1.15. The summed E-state index contributed by atoms with van der Waals surface area (Å²) in [6, 6.07) is 0. The van der Waals surface area contributed by atoms with Crippen LogP contribution in [0.3, 0.4) is 0 Å². The fourth-order valence-corrected chi connectivity index (χ4v) is 8.47.